The lowest BCUT2D eigenvalue weighted by molar-refractivity contribution is 0.0410. The van der Waals surface area contributed by atoms with Crippen LogP contribution in [0.5, 0.6) is 0 Å². The zero-order valence-corrected chi connectivity index (χ0v) is 12.9. The molecule has 8 heteroatoms. The highest BCUT2D eigenvalue weighted by molar-refractivity contribution is 7.99. The second kappa shape index (κ2) is 7.08. The van der Waals surface area contributed by atoms with E-state index in [2.05, 4.69) is 15.1 Å². The van der Waals surface area contributed by atoms with Crippen LogP contribution in [0, 0.1) is 5.82 Å². The second-order valence-electron chi connectivity index (χ2n) is 4.96. The summed E-state index contributed by atoms with van der Waals surface area (Å²) in [6, 6.07) is 6.41. The first kappa shape index (κ1) is 15.3. The topological polar surface area (TPSA) is 69.2 Å². The van der Waals surface area contributed by atoms with Gasteiger partial charge >= 0.3 is 0 Å². The first-order valence-corrected chi connectivity index (χ1v) is 8.12. The van der Waals surface area contributed by atoms with Crippen molar-refractivity contribution in [2.24, 2.45) is 0 Å². The van der Waals surface area contributed by atoms with Crippen molar-refractivity contribution in [3.05, 3.63) is 30.1 Å². The molecule has 1 aromatic heterocycles. The van der Waals surface area contributed by atoms with Gasteiger partial charge in [-0.3, -0.25) is 4.90 Å². The van der Waals surface area contributed by atoms with E-state index in [4.69, 9.17) is 10.6 Å². The van der Waals surface area contributed by atoms with Crippen LogP contribution in [0.25, 0.3) is 11.4 Å². The summed E-state index contributed by atoms with van der Waals surface area (Å²) in [5.74, 6) is 6.83. The Morgan fingerprint density at radius 1 is 1.23 bits per heavy atom. The standard InChI is InChI=1S/C14H18FN5OS/c15-12-4-2-1-3-11(12)13-17-18-14(20(13)16)22-10-7-19-5-8-21-9-6-19/h1-4H,5-10,16H2. The van der Waals surface area contributed by atoms with E-state index in [9.17, 15) is 4.39 Å². The molecule has 1 aliphatic heterocycles. The molecule has 1 aromatic carbocycles. The summed E-state index contributed by atoms with van der Waals surface area (Å²) in [4.78, 5) is 2.34. The molecule has 1 saturated heterocycles. The first-order chi connectivity index (χ1) is 10.8. The molecule has 2 N–H and O–H groups in total. The van der Waals surface area contributed by atoms with Gasteiger partial charge in [0, 0.05) is 25.4 Å². The molecule has 0 aliphatic carbocycles. The zero-order chi connectivity index (χ0) is 15.4. The fourth-order valence-electron chi connectivity index (χ4n) is 2.29. The predicted octanol–water partition coefficient (Wildman–Crippen LogP) is 1.22. The van der Waals surface area contributed by atoms with Gasteiger partial charge in [0.1, 0.15) is 5.82 Å². The Labute approximate surface area is 132 Å². The van der Waals surface area contributed by atoms with Crippen molar-refractivity contribution in [1.82, 2.24) is 19.8 Å². The van der Waals surface area contributed by atoms with Gasteiger partial charge in [-0.1, -0.05) is 23.9 Å². The summed E-state index contributed by atoms with van der Waals surface area (Å²) in [6.07, 6.45) is 0. The van der Waals surface area contributed by atoms with Crippen LogP contribution < -0.4 is 5.84 Å². The van der Waals surface area contributed by atoms with Gasteiger partial charge in [-0.05, 0) is 12.1 Å². The van der Waals surface area contributed by atoms with Gasteiger partial charge < -0.3 is 10.6 Å². The van der Waals surface area contributed by atoms with Gasteiger partial charge in [0.25, 0.3) is 0 Å². The summed E-state index contributed by atoms with van der Waals surface area (Å²) in [5, 5.41) is 8.65. The molecule has 0 spiro atoms. The molecule has 3 rings (SSSR count). The highest BCUT2D eigenvalue weighted by atomic mass is 32.2. The molecule has 2 aromatic rings. The van der Waals surface area contributed by atoms with E-state index in [0.717, 1.165) is 38.6 Å². The number of halogens is 1. The molecule has 22 heavy (non-hydrogen) atoms. The van der Waals surface area contributed by atoms with Crippen LogP contribution in [0.2, 0.25) is 0 Å². The van der Waals surface area contributed by atoms with E-state index in [0.29, 0.717) is 16.5 Å². The molecular formula is C14H18FN5OS. The summed E-state index contributed by atoms with van der Waals surface area (Å²) in [7, 11) is 0. The van der Waals surface area contributed by atoms with E-state index < -0.39 is 0 Å². The Hall–Kier alpha value is -1.64. The van der Waals surface area contributed by atoms with Crippen LogP contribution in [0.1, 0.15) is 0 Å². The Bertz CT molecular complexity index is 629. The minimum atomic E-state index is -0.355. The number of ether oxygens (including phenoxy) is 1. The Morgan fingerprint density at radius 3 is 2.77 bits per heavy atom. The van der Waals surface area contributed by atoms with Crippen LogP contribution >= 0.6 is 11.8 Å². The lowest BCUT2D eigenvalue weighted by Gasteiger charge is -2.26. The van der Waals surface area contributed by atoms with Crippen molar-refractivity contribution in [2.75, 3.05) is 44.4 Å². The van der Waals surface area contributed by atoms with Crippen LogP contribution in [-0.4, -0.2) is 58.4 Å². The molecule has 6 nitrogen and oxygen atoms in total. The smallest absolute Gasteiger partial charge is 0.210 e. The molecule has 1 aliphatic rings. The third-order valence-corrected chi connectivity index (χ3v) is 4.44. The number of thioether (sulfide) groups is 1. The van der Waals surface area contributed by atoms with E-state index in [1.54, 1.807) is 18.2 Å². The number of benzene rings is 1. The van der Waals surface area contributed by atoms with Crippen molar-refractivity contribution >= 4 is 11.8 Å². The number of rotatable bonds is 5. The highest BCUT2D eigenvalue weighted by Crippen LogP contribution is 2.23. The molecule has 0 atom stereocenters. The van der Waals surface area contributed by atoms with Crippen LogP contribution in [0.4, 0.5) is 4.39 Å². The van der Waals surface area contributed by atoms with E-state index in [-0.39, 0.29) is 5.82 Å². The summed E-state index contributed by atoms with van der Waals surface area (Å²) >= 11 is 1.52. The summed E-state index contributed by atoms with van der Waals surface area (Å²) in [5.41, 5.74) is 0.359. The lowest BCUT2D eigenvalue weighted by atomic mass is 10.2. The highest BCUT2D eigenvalue weighted by Gasteiger charge is 2.16. The third-order valence-electron chi connectivity index (χ3n) is 3.52. The maximum atomic E-state index is 13.8. The van der Waals surface area contributed by atoms with Gasteiger partial charge in [0.15, 0.2) is 5.82 Å². The monoisotopic (exact) mass is 323 g/mol. The molecule has 0 bridgehead atoms. The number of nitrogens with zero attached hydrogens (tertiary/aromatic N) is 4. The first-order valence-electron chi connectivity index (χ1n) is 7.14. The summed E-state index contributed by atoms with van der Waals surface area (Å²) < 4.78 is 20.5. The van der Waals surface area contributed by atoms with Crippen LogP contribution in [0.3, 0.4) is 0 Å². The second-order valence-corrected chi connectivity index (χ2v) is 6.02. The van der Waals surface area contributed by atoms with Gasteiger partial charge in [0.2, 0.25) is 5.16 Å². The van der Waals surface area contributed by atoms with Gasteiger partial charge in [0.05, 0.1) is 18.8 Å². The molecule has 0 saturated carbocycles. The Kier molecular flexibility index (Phi) is 4.91. The molecule has 0 radical (unpaired) electrons. The Morgan fingerprint density at radius 2 is 2.00 bits per heavy atom. The van der Waals surface area contributed by atoms with E-state index in [1.165, 1.54) is 22.5 Å². The average molecular weight is 323 g/mol. The van der Waals surface area contributed by atoms with Crippen LogP contribution in [-0.2, 0) is 4.74 Å². The number of nitrogens with two attached hydrogens (primary N) is 1. The van der Waals surface area contributed by atoms with Crippen LogP contribution in [0.15, 0.2) is 29.4 Å². The predicted molar refractivity (Wildman–Crippen MR) is 83.5 cm³/mol. The normalized spacial score (nSPS) is 16.0. The zero-order valence-electron chi connectivity index (χ0n) is 12.1. The fraction of sp³-hybridized carbons (Fsp3) is 0.429. The van der Waals surface area contributed by atoms with Crippen molar-refractivity contribution in [1.29, 1.82) is 0 Å². The fourth-order valence-corrected chi connectivity index (χ4v) is 3.15. The number of hydrogen-bond donors (Lipinski definition) is 1. The van der Waals surface area contributed by atoms with E-state index >= 15 is 0 Å². The molecule has 1 fully saturated rings. The van der Waals surface area contributed by atoms with E-state index in [1.807, 2.05) is 0 Å². The largest absolute Gasteiger partial charge is 0.379 e. The molecule has 0 amide bonds. The van der Waals surface area contributed by atoms with Gasteiger partial charge in [-0.25, -0.2) is 9.07 Å². The minimum absolute atomic E-state index is 0.340. The SMILES string of the molecule is Nn1c(SCCN2CCOCC2)nnc1-c1ccccc1F. The van der Waals surface area contributed by atoms with Gasteiger partial charge in [-0.15, -0.1) is 10.2 Å². The lowest BCUT2D eigenvalue weighted by Crippen LogP contribution is -2.37. The van der Waals surface area contributed by atoms with Crippen molar-refractivity contribution < 1.29 is 9.13 Å². The quantitative estimate of drug-likeness (QED) is 0.659. The number of nitrogen functional groups attached to an aromatic ring is 1. The van der Waals surface area contributed by atoms with Crippen molar-refractivity contribution in [2.45, 2.75) is 5.16 Å². The Balaban J connectivity index is 1.62. The van der Waals surface area contributed by atoms with Crippen molar-refractivity contribution in [3.8, 4) is 11.4 Å². The van der Waals surface area contributed by atoms with Crippen molar-refractivity contribution in [3.63, 3.8) is 0 Å². The minimum Gasteiger partial charge on any atom is -0.379 e. The summed E-state index contributed by atoms with van der Waals surface area (Å²) in [6.45, 7) is 4.42. The third kappa shape index (κ3) is 3.40. The number of morpholine rings is 1. The number of hydrogen-bond acceptors (Lipinski definition) is 6. The molecule has 0 unspecified atom stereocenters. The molecule has 118 valence electrons. The molecule has 2 heterocycles. The molecular weight excluding hydrogens is 305 g/mol. The maximum absolute atomic E-state index is 13.8. The average Bonchev–Trinajstić information content (AvgIpc) is 2.90. The van der Waals surface area contributed by atoms with Gasteiger partial charge in [-0.2, -0.15) is 0 Å². The maximum Gasteiger partial charge on any atom is 0.210 e. The number of aromatic nitrogens is 3.